The highest BCUT2D eigenvalue weighted by molar-refractivity contribution is 5.71. The smallest absolute Gasteiger partial charge is 0.344 e. The Morgan fingerprint density at radius 2 is 1.62 bits per heavy atom. The molecule has 0 aliphatic heterocycles. The van der Waals surface area contributed by atoms with E-state index < -0.39 is 5.97 Å². The van der Waals surface area contributed by atoms with Crippen molar-refractivity contribution in [1.82, 2.24) is 0 Å². The molecule has 0 aromatic heterocycles. The molecule has 0 atom stereocenters. The highest BCUT2D eigenvalue weighted by atomic mass is 16.6. The van der Waals surface area contributed by atoms with Crippen LogP contribution in [0.4, 0.5) is 0 Å². The van der Waals surface area contributed by atoms with E-state index in [4.69, 9.17) is 18.9 Å². The molecule has 21 heavy (non-hydrogen) atoms. The second kappa shape index (κ2) is 12.2. The molecule has 0 aliphatic carbocycles. The lowest BCUT2D eigenvalue weighted by molar-refractivity contribution is -0.147. The zero-order valence-electron chi connectivity index (χ0n) is 12.6. The quantitative estimate of drug-likeness (QED) is 0.438. The van der Waals surface area contributed by atoms with Crippen molar-refractivity contribution < 1.29 is 23.7 Å². The Bertz CT molecular complexity index is 366. The summed E-state index contributed by atoms with van der Waals surface area (Å²) in [6.45, 7) is 4.48. The molecule has 1 aromatic carbocycles. The van der Waals surface area contributed by atoms with Crippen molar-refractivity contribution in [2.75, 3.05) is 39.6 Å². The fraction of sp³-hybridized carbons (Fsp3) is 0.562. The van der Waals surface area contributed by atoms with Gasteiger partial charge in [-0.15, -0.1) is 0 Å². The summed E-state index contributed by atoms with van der Waals surface area (Å²) in [6, 6.07) is 9.15. The largest absolute Gasteiger partial charge is 0.482 e. The molecule has 1 aromatic rings. The average molecular weight is 296 g/mol. The zero-order chi connectivity index (χ0) is 15.2. The van der Waals surface area contributed by atoms with Crippen molar-refractivity contribution in [2.24, 2.45) is 0 Å². The van der Waals surface area contributed by atoms with E-state index in [2.05, 4.69) is 6.92 Å². The highest BCUT2D eigenvalue weighted by Crippen LogP contribution is 2.07. The number of carbonyl (C=O) groups excluding carboxylic acids is 1. The van der Waals surface area contributed by atoms with Gasteiger partial charge in [-0.1, -0.05) is 31.5 Å². The van der Waals surface area contributed by atoms with Gasteiger partial charge in [0.15, 0.2) is 6.61 Å². The van der Waals surface area contributed by atoms with E-state index in [9.17, 15) is 4.79 Å². The van der Waals surface area contributed by atoms with Crippen molar-refractivity contribution in [3.8, 4) is 5.75 Å². The summed E-state index contributed by atoms with van der Waals surface area (Å²) >= 11 is 0. The fourth-order valence-corrected chi connectivity index (χ4v) is 1.48. The van der Waals surface area contributed by atoms with E-state index in [-0.39, 0.29) is 13.2 Å². The Morgan fingerprint density at radius 3 is 2.33 bits per heavy atom. The standard InChI is InChI=1S/C16H24O5/c1-2-3-9-18-10-11-19-12-13-20-16(17)14-21-15-7-5-4-6-8-15/h4-8H,2-3,9-14H2,1H3. The van der Waals surface area contributed by atoms with Gasteiger partial charge >= 0.3 is 5.97 Å². The van der Waals surface area contributed by atoms with Crippen LogP contribution in [0.15, 0.2) is 30.3 Å². The van der Waals surface area contributed by atoms with E-state index in [1.165, 1.54) is 0 Å². The molecule has 5 heteroatoms. The van der Waals surface area contributed by atoms with Gasteiger partial charge in [-0.2, -0.15) is 0 Å². The maximum atomic E-state index is 11.4. The molecule has 0 unspecified atom stereocenters. The topological polar surface area (TPSA) is 54.0 Å². The van der Waals surface area contributed by atoms with Gasteiger partial charge in [0, 0.05) is 6.61 Å². The van der Waals surface area contributed by atoms with Crippen molar-refractivity contribution >= 4 is 5.97 Å². The first kappa shape index (κ1) is 17.5. The Morgan fingerprint density at radius 1 is 0.952 bits per heavy atom. The summed E-state index contributed by atoms with van der Waals surface area (Å²) in [5, 5.41) is 0. The summed E-state index contributed by atoms with van der Waals surface area (Å²) < 4.78 is 20.9. The summed E-state index contributed by atoms with van der Waals surface area (Å²) in [6.07, 6.45) is 2.20. The molecule has 0 heterocycles. The number of esters is 1. The Labute approximate surface area is 126 Å². The molecule has 118 valence electrons. The molecular weight excluding hydrogens is 272 g/mol. The first-order chi connectivity index (χ1) is 10.3. The second-order valence-corrected chi connectivity index (χ2v) is 4.40. The van der Waals surface area contributed by atoms with E-state index in [0.717, 1.165) is 19.4 Å². The molecule has 0 spiro atoms. The summed E-state index contributed by atoms with van der Waals surface area (Å²) in [5.41, 5.74) is 0. The minimum Gasteiger partial charge on any atom is -0.482 e. The first-order valence-electron chi connectivity index (χ1n) is 7.32. The molecule has 0 N–H and O–H groups in total. The van der Waals surface area contributed by atoms with Gasteiger partial charge in [0.05, 0.1) is 19.8 Å². The SMILES string of the molecule is CCCCOCCOCCOC(=O)COc1ccccc1. The van der Waals surface area contributed by atoms with Crippen LogP contribution in [-0.2, 0) is 19.0 Å². The summed E-state index contributed by atoms with van der Waals surface area (Å²) in [7, 11) is 0. The Balaban J connectivity index is 1.89. The predicted octanol–water partition coefficient (Wildman–Crippen LogP) is 2.44. The van der Waals surface area contributed by atoms with E-state index in [0.29, 0.717) is 25.6 Å². The minimum atomic E-state index is -0.401. The lowest BCUT2D eigenvalue weighted by Gasteiger charge is -2.08. The monoisotopic (exact) mass is 296 g/mol. The van der Waals surface area contributed by atoms with E-state index in [1.807, 2.05) is 18.2 Å². The van der Waals surface area contributed by atoms with Crippen molar-refractivity contribution in [3.63, 3.8) is 0 Å². The molecule has 0 bridgehead atoms. The van der Waals surface area contributed by atoms with Gasteiger partial charge in [-0.25, -0.2) is 4.79 Å². The third kappa shape index (κ3) is 9.87. The molecule has 1 rings (SSSR count). The van der Waals surface area contributed by atoms with Crippen LogP contribution in [0.2, 0.25) is 0 Å². The van der Waals surface area contributed by atoms with E-state index >= 15 is 0 Å². The van der Waals surface area contributed by atoms with Crippen LogP contribution < -0.4 is 4.74 Å². The molecule has 0 saturated heterocycles. The third-order valence-electron chi connectivity index (χ3n) is 2.60. The van der Waals surface area contributed by atoms with Gasteiger partial charge in [-0.05, 0) is 18.6 Å². The first-order valence-corrected chi connectivity index (χ1v) is 7.32. The van der Waals surface area contributed by atoms with Crippen LogP contribution >= 0.6 is 0 Å². The number of ether oxygens (including phenoxy) is 4. The molecule has 0 radical (unpaired) electrons. The highest BCUT2D eigenvalue weighted by Gasteiger charge is 2.03. The number of hydrogen-bond donors (Lipinski definition) is 0. The third-order valence-corrected chi connectivity index (χ3v) is 2.60. The van der Waals surface area contributed by atoms with Gasteiger partial charge in [-0.3, -0.25) is 0 Å². The maximum absolute atomic E-state index is 11.4. The number of benzene rings is 1. The second-order valence-electron chi connectivity index (χ2n) is 4.40. The lowest BCUT2D eigenvalue weighted by Crippen LogP contribution is -2.18. The molecular formula is C16H24O5. The normalized spacial score (nSPS) is 10.3. The number of carbonyl (C=O) groups is 1. The van der Waals surface area contributed by atoms with Crippen molar-refractivity contribution in [1.29, 1.82) is 0 Å². The Kier molecular flexibility index (Phi) is 10.1. The lowest BCUT2D eigenvalue weighted by atomic mass is 10.3. The number of para-hydroxylation sites is 1. The summed E-state index contributed by atoms with van der Waals surface area (Å²) in [4.78, 5) is 11.4. The number of unbranched alkanes of at least 4 members (excludes halogenated alkanes) is 1. The molecule has 0 saturated carbocycles. The number of rotatable bonds is 12. The van der Waals surface area contributed by atoms with E-state index in [1.54, 1.807) is 12.1 Å². The fourth-order valence-electron chi connectivity index (χ4n) is 1.48. The molecule has 0 aliphatic rings. The summed E-state index contributed by atoms with van der Waals surface area (Å²) in [5.74, 6) is 0.247. The minimum absolute atomic E-state index is 0.0931. The molecule has 5 nitrogen and oxygen atoms in total. The molecule has 0 amide bonds. The Hall–Kier alpha value is -1.59. The van der Waals surface area contributed by atoms with Gasteiger partial charge in [0.2, 0.25) is 0 Å². The van der Waals surface area contributed by atoms with Gasteiger partial charge in [0.1, 0.15) is 12.4 Å². The van der Waals surface area contributed by atoms with Gasteiger partial charge < -0.3 is 18.9 Å². The van der Waals surface area contributed by atoms with Crippen LogP contribution in [0.3, 0.4) is 0 Å². The molecule has 0 fully saturated rings. The van der Waals surface area contributed by atoms with Crippen LogP contribution in [0.5, 0.6) is 5.75 Å². The van der Waals surface area contributed by atoms with Crippen LogP contribution in [0.1, 0.15) is 19.8 Å². The number of hydrogen-bond acceptors (Lipinski definition) is 5. The predicted molar refractivity (Wildman–Crippen MR) is 79.4 cm³/mol. The van der Waals surface area contributed by atoms with Crippen molar-refractivity contribution in [3.05, 3.63) is 30.3 Å². The average Bonchev–Trinajstić information content (AvgIpc) is 2.52. The van der Waals surface area contributed by atoms with Crippen molar-refractivity contribution in [2.45, 2.75) is 19.8 Å². The van der Waals surface area contributed by atoms with Crippen LogP contribution in [0.25, 0.3) is 0 Å². The van der Waals surface area contributed by atoms with Crippen LogP contribution in [0, 0.1) is 0 Å². The van der Waals surface area contributed by atoms with Gasteiger partial charge in [0.25, 0.3) is 0 Å². The maximum Gasteiger partial charge on any atom is 0.344 e. The zero-order valence-corrected chi connectivity index (χ0v) is 12.6. The van der Waals surface area contributed by atoms with Crippen LogP contribution in [-0.4, -0.2) is 45.6 Å².